The lowest BCUT2D eigenvalue weighted by molar-refractivity contribution is 0.1000. The highest BCUT2D eigenvalue weighted by atomic mass is 32.2. The lowest BCUT2D eigenvalue weighted by Crippen LogP contribution is -2.48. The minimum absolute atomic E-state index is 0.185. The molecular weight excluding hydrogens is 362 g/mol. The number of hydrogen-bond acceptors (Lipinski definition) is 4. The third kappa shape index (κ3) is 4.82. The third-order valence-electron chi connectivity index (χ3n) is 4.58. The normalized spacial score (nSPS) is 16.6. The molecule has 1 aliphatic rings. The van der Waals surface area contributed by atoms with Gasteiger partial charge in [-0.2, -0.15) is 4.31 Å². The summed E-state index contributed by atoms with van der Waals surface area (Å²) in [7, 11) is -3.55. The Bertz CT molecular complexity index is 901. The van der Waals surface area contributed by atoms with Crippen LogP contribution in [0, 0.1) is 0 Å². The van der Waals surface area contributed by atoms with Gasteiger partial charge in [0.2, 0.25) is 15.9 Å². The average molecular weight is 385 g/mol. The fraction of sp³-hybridized carbons (Fsp3) is 0.250. The molecule has 1 fully saturated rings. The van der Waals surface area contributed by atoms with E-state index in [4.69, 9.17) is 5.73 Å². The number of carbonyl (C=O) groups excluding carboxylic acids is 1. The van der Waals surface area contributed by atoms with E-state index in [2.05, 4.69) is 17.1 Å². The molecule has 7 heteroatoms. The van der Waals surface area contributed by atoms with Crippen LogP contribution in [-0.2, 0) is 10.0 Å². The maximum Gasteiger partial charge on any atom is 0.248 e. The summed E-state index contributed by atoms with van der Waals surface area (Å²) < 4.78 is 27.0. The molecule has 0 atom stereocenters. The lowest BCUT2D eigenvalue weighted by atomic mass is 10.2. The van der Waals surface area contributed by atoms with Crippen LogP contribution in [0.1, 0.15) is 15.9 Å². The molecule has 0 saturated carbocycles. The van der Waals surface area contributed by atoms with Gasteiger partial charge in [-0.15, -0.1) is 0 Å². The summed E-state index contributed by atoms with van der Waals surface area (Å²) in [5.74, 6) is -0.573. The molecule has 142 valence electrons. The van der Waals surface area contributed by atoms with Crippen LogP contribution in [0.5, 0.6) is 0 Å². The highest BCUT2D eigenvalue weighted by Crippen LogP contribution is 2.18. The first-order valence-electron chi connectivity index (χ1n) is 8.81. The molecule has 1 aliphatic heterocycles. The summed E-state index contributed by atoms with van der Waals surface area (Å²) >= 11 is 0. The number of amides is 1. The Labute approximate surface area is 159 Å². The standard InChI is InChI=1S/C20H23N3O3S/c21-20(24)18-8-10-19(11-9-18)27(25,26)23-15-13-22(14-16-23)12-4-7-17-5-2-1-3-6-17/h1-11H,12-16H2,(H2,21,24)/b7-4+. The summed E-state index contributed by atoms with van der Waals surface area (Å²) in [4.78, 5) is 13.5. The zero-order chi connectivity index (χ0) is 19.3. The smallest absolute Gasteiger partial charge is 0.248 e. The van der Waals surface area contributed by atoms with Crippen molar-refractivity contribution in [3.8, 4) is 0 Å². The fourth-order valence-corrected chi connectivity index (χ4v) is 4.42. The average Bonchev–Trinajstić information content (AvgIpc) is 2.69. The Morgan fingerprint density at radius 1 is 0.963 bits per heavy atom. The van der Waals surface area contributed by atoms with Gasteiger partial charge >= 0.3 is 0 Å². The molecule has 0 aliphatic carbocycles. The maximum absolute atomic E-state index is 12.8. The van der Waals surface area contributed by atoms with Crippen LogP contribution in [0.25, 0.3) is 6.08 Å². The van der Waals surface area contributed by atoms with Crippen molar-refractivity contribution in [2.45, 2.75) is 4.90 Å². The Hall–Kier alpha value is -2.48. The first-order valence-corrected chi connectivity index (χ1v) is 10.2. The Balaban J connectivity index is 1.56. The zero-order valence-corrected chi connectivity index (χ0v) is 15.8. The van der Waals surface area contributed by atoms with E-state index >= 15 is 0 Å². The topological polar surface area (TPSA) is 83.7 Å². The van der Waals surface area contributed by atoms with E-state index in [1.54, 1.807) is 0 Å². The SMILES string of the molecule is NC(=O)c1ccc(S(=O)(=O)N2CCN(C/C=C/c3ccccc3)CC2)cc1. The number of rotatable bonds is 6. The van der Waals surface area contributed by atoms with Crippen LogP contribution in [0.15, 0.2) is 65.6 Å². The van der Waals surface area contributed by atoms with Gasteiger partial charge in [-0.1, -0.05) is 42.5 Å². The number of hydrogen-bond donors (Lipinski definition) is 1. The first kappa shape index (κ1) is 19.3. The maximum atomic E-state index is 12.8. The summed E-state index contributed by atoms with van der Waals surface area (Å²) in [6, 6.07) is 15.8. The van der Waals surface area contributed by atoms with Crippen LogP contribution in [0.2, 0.25) is 0 Å². The van der Waals surface area contributed by atoms with E-state index in [-0.39, 0.29) is 4.90 Å². The number of sulfonamides is 1. The molecule has 0 bridgehead atoms. The van der Waals surface area contributed by atoms with Crippen LogP contribution in [0.3, 0.4) is 0 Å². The predicted molar refractivity (Wildman–Crippen MR) is 106 cm³/mol. The largest absolute Gasteiger partial charge is 0.366 e. The second kappa shape index (κ2) is 8.47. The molecule has 2 aromatic carbocycles. The molecule has 6 nitrogen and oxygen atoms in total. The highest BCUT2D eigenvalue weighted by Gasteiger charge is 2.28. The molecule has 0 aromatic heterocycles. The predicted octanol–water partition coefficient (Wildman–Crippen LogP) is 1.81. The van der Waals surface area contributed by atoms with Gasteiger partial charge in [0, 0.05) is 38.3 Å². The minimum Gasteiger partial charge on any atom is -0.366 e. The minimum atomic E-state index is -3.55. The number of benzene rings is 2. The quantitative estimate of drug-likeness (QED) is 0.822. The van der Waals surface area contributed by atoms with Crippen molar-refractivity contribution in [3.05, 3.63) is 71.8 Å². The first-order chi connectivity index (χ1) is 13.0. The van der Waals surface area contributed by atoms with E-state index in [9.17, 15) is 13.2 Å². The van der Waals surface area contributed by atoms with Crippen molar-refractivity contribution >= 4 is 22.0 Å². The molecule has 0 radical (unpaired) electrons. The Kier molecular flexibility index (Phi) is 6.05. The van der Waals surface area contributed by atoms with Crippen LogP contribution < -0.4 is 5.73 Å². The Morgan fingerprint density at radius 3 is 2.19 bits per heavy atom. The van der Waals surface area contributed by atoms with Gasteiger partial charge in [0.15, 0.2) is 0 Å². The molecule has 2 aromatic rings. The van der Waals surface area contributed by atoms with Gasteiger partial charge in [-0.25, -0.2) is 8.42 Å². The van der Waals surface area contributed by atoms with Crippen LogP contribution >= 0.6 is 0 Å². The van der Waals surface area contributed by atoms with Gasteiger partial charge in [0.05, 0.1) is 4.90 Å². The van der Waals surface area contributed by atoms with Crippen molar-refractivity contribution in [2.75, 3.05) is 32.7 Å². The van der Waals surface area contributed by atoms with E-state index in [1.165, 1.54) is 28.6 Å². The summed E-state index contributed by atoms with van der Waals surface area (Å²) in [5, 5.41) is 0. The summed E-state index contributed by atoms with van der Waals surface area (Å²) in [6.45, 7) is 3.03. The number of piperazine rings is 1. The van der Waals surface area contributed by atoms with E-state index in [0.29, 0.717) is 31.7 Å². The molecule has 3 rings (SSSR count). The molecule has 27 heavy (non-hydrogen) atoms. The summed E-state index contributed by atoms with van der Waals surface area (Å²) in [6.07, 6.45) is 4.17. The molecule has 1 saturated heterocycles. The third-order valence-corrected chi connectivity index (χ3v) is 6.49. The summed E-state index contributed by atoms with van der Waals surface area (Å²) in [5.41, 5.74) is 6.64. The molecule has 0 unspecified atom stereocenters. The molecule has 1 heterocycles. The second-order valence-electron chi connectivity index (χ2n) is 6.41. The van der Waals surface area contributed by atoms with Gasteiger partial charge in [0.25, 0.3) is 0 Å². The second-order valence-corrected chi connectivity index (χ2v) is 8.34. The molecule has 1 amide bonds. The van der Waals surface area contributed by atoms with Crippen LogP contribution in [-0.4, -0.2) is 56.3 Å². The van der Waals surface area contributed by atoms with Gasteiger partial charge in [0.1, 0.15) is 0 Å². The van der Waals surface area contributed by atoms with E-state index in [1.807, 2.05) is 30.3 Å². The highest BCUT2D eigenvalue weighted by molar-refractivity contribution is 7.89. The van der Waals surface area contributed by atoms with Crippen molar-refractivity contribution < 1.29 is 13.2 Å². The number of nitrogens with two attached hydrogens (primary N) is 1. The van der Waals surface area contributed by atoms with Crippen molar-refractivity contribution in [1.82, 2.24) is 9.21 Å². The lowest BCUT2D eigenvalue weighted by Gasteiger charge is -2.33. The van der Waals surface area contributed by atoms with E-state index in [0.717, 1.165) is 12.1 Å². The van der Waals surface area contributed by atoms with Crippen molar-refractivity contribution in [1.29, 1.82) is 0 Å². The number of nitrogens with zero attached hydrogens (tertiary/aromatic N) is 2. The number of carbonyl (C=O) groups is 1. The van der Waals surface area contributed by atoms with E-state index < -0.39 is 15.9 Å². The van der Waals surface area contributed by atoms with Crippen LogP contribution in [0.4, 0.5) is 0 Å². The van der Waals surface area contributed by atoms with Gasteiger partial charge in [-0.05, 0) is 29.8 Å². The van der Waals surface area contributed by atoms with Gasteiger partial charge < -0.3 is 5.73 Å². The molecule has 2 N–H and O–H groups in total. The van der Waals surface area contributed by atoms with Crippen molar-refractivity contribution in [3.63, 3.8) is 0 Å². The van der Waals surface area contributed by atoms with Gasteiger partial charge in [-0.3, -0.25) is 9.69 Å². The fourth-order valence-electron chi connectivity index (χ4n) is 2.99. The van der Waals surface area contributed by atoms with Crippen molar-refractivity contribution in [2.24, 2.45) is 5.73 Å². The number of primary amides is 1. The molecule has 0 spiro atoms. The Morgan fingerprint density at radius 2 is 1.59 bits per heavy atom. The monoisotopic (exact) mass is 385 g/mol. The molecular formula is C20H23N3O3S. The zero-order valence-electron chi connectivity index (χ0n) is 15.0.